The van der Waals surface area contributed by atoms with Gasteiger partial charge < -0.3 is 20.4 Å². The van der Waals surface area contributed by atoms with Crippen molar-refractivity contribution in [3.63, 3.8) is 0 Å². The maximum absolute atomic E-state index is 11.9. The first-order chi connectivity index (χ1) is 13.6. The molecule has 144 valence electrons. The Morgan fingerprint density at radius 3 is 2.64 bits per heavy atom. The van der Waals surface area contributed by atoms with Gasteiger partial charge in [0.1, 0.15) is 11.6 Å². The third-order valence-electron chi connectivity index (χ3n) is 4.09. The Labute approximate surface area is 162 Å². The molecular formula is C21H22N4O3. The van der Waals surface area contributed by atoms with Crippen molar-refractivity contribution in [2.75, 3.05) is 20.2 Å². The molecule has 0 aliphatic carbocycles. The fraction of sp³-hybridized carbons (Fsp3) is 0.190. The summed E-state index contributed by atoms with van der Waals surface area (Å²) >= 11 is 0. The van der Waals surface area contributed by atoms with E-state index < -0.39 is 0 Å². The molecule has 1 aromatic heterocycles. The van der Waals surface area contributed by atoms with Crippen molar-refractivity contribution in [1.82, 2.24) is 20.6 Å². The van der Waals surface area contributed by atoms with Gasteiger partial charge in [-0.3, -0.25) is 9.59 Å². The van der Waals surface area contributed by atoms with Gasteiger partial charge in [0.2, 0.25) is 11.8 Å². The summed E-state index contributed by atoms with van der Waals surface area (Å²) in [7, 11) is 1.60. The summed E-state index contributed by atoms with van der Waals surface area (Å²) in [5, 5.41) is 5.33. The Hall–Kier alpha value is -3.61. The number of fused-ring (bicyclic) bond motifs is 1. The number of carbonyl (C=O) groups excluding carboxylic acids is 2. The number of para-hydroxylation sites is 2. The summed E-state index contributed by atoms with van der Waals surface area (Å²) in [6.07, 6.45) is 3.66. The molecule has 0 radical (unpaired) electrons. The minimum atomic E-state index is -0.330. The van der Waals surface area contributed by atoms with Gasteiger partial charge in [-0.05, 0) is 35.9 Å². The summed E-state index contributed by atoms with van der Waals surface area (Å²) in [5.74, 6) is 0.986. The molecule has 7 nitrogen and oxygen atoms in total. The summed E-state index contributed by atoms with van der Waals surface area (Å²) in [6.45, 7) is 0.363. The molecule has 0 aliphatic heterocycles. The van der Waals surface area contributed by atoms with Gasteiger partial charge in [0, 0.05) is 19.0 Å². The first-order valence-corrected chi connectivity index (χ1v) is 8.94. The third-order valence-corrected chi connectivity index (χ3v) is 4.09. The molecule has 28 heavy (non-hydrogen) atoms. The SMILES string of the molecule is COc1ccc(/C=C/C(=O)NCC(=O)NCCc2nc3ccccc3[nH]2)cc1. The number of hydrogen-bond donors (Lipinski definition) is 3. The van der Waals surface area contributed by atoms with E-state index >= 15 is 0 Å². The first-order valence-electron chi connectivity index (χ1n) is 8.94. The molecule has 0 bridgehead atoms. The number of benzene rings is 2. The molecule has 2 amide bonds. The van der Waals surface area contributed by atoms with Gasteiger partial charge >= 0.3 is 0 Å². The van der Waals surface area contributed by atoms with Crippen molar-refractivity contribution < 1.29 is 14.3 Å². The Balaban J connectivity index is 1.37. The van der Waals surface area contributed by atoms with Crippen LogP contribution in [0.4, 0.5) is 0 Å². The number of methoxy groups -OCH3 is 1. The number of H-pyrrole nitrogens is 1. The van der Waals surface area contributed by atoms with Crippen LogP contribution in [-0.4, -0.2) is 42.0 Å². The highest BCUT2D eigenvalue weighted by molar-refractivity contribution is 5.94. The molecule has 0 spiro atoms. The highest BCUT2D eigenvalue weighted by Gasteiger charge is 2.05. The van der Waals surface area contributed by atoms with E-state index in [1.807, 2.05) is 48.5 Å². The summed E-state index contributed by atoms with van der Waals surface area (Å²) in [6, 6.07) is 15.1. The number of nitrogens with one attached hydrogen (secondary N) is 3. The summed E-state index contributed by atoms with van der Waals surface area (Å²) in [5.41, 5.74) is 2.74. The Kier molecular flexibility index (Phi) is 6.41. The Morgan fingerprint density at radius 1 is 1.11 bits per heavy atom. The van der Waals surface area contributed by atoms with Crippen LogP contribution in [0.3, 0.4) is 0 Å². The molecule has 0 fully saturated rings. The van der Waals surface area contributed by atoms with Crippen molar-refractivity contribution in [1.29, 1.82) is 0 Å². The molecule has 0 atom stereocenters. The van der Waals surface area contributed by atoms with Gasteiger partial charge in [-0.25, -0.2) is 4.98 Å². The van der Waals surface area contributed by atoms with Crippen molar-refractivity contribution in [3.8, 4) is 5.75 Å². The predicted molar refractivity (Wildman–Crippen MR) is 108 cm³/mol. The van der Waals surface area contributed by atoms with Crippen LogP contribution in [-0.2, 0) is 16.0 Å². The smallest absolute Gasteiger partial charge is 0.244 e. The molecule has 7 heteroatoms. The van der Waals surface area contributed by atoms with E-state index in [-0.39, 0.29) is 18.4 Å². The average molecular weight is 378 g/mol. The topological polar surface area (TPSA) is 96.1 Å². The lowest BCUT2D eigenvalue weighted by Gasteiger charge is -2.04. The number of rotatable bonds is 8. The van der Waals surface area contributed by atoms with Crippen LogP contribution in [0.1, 0.15) is 11.4 Å². The van der Waals surface area contributed by atoms with E-state index in [1.165, 1.54) is 6.08 Å². The van der Waals surface area contributed by atoms with Gasteiger partial charge in [0.25, 0.3) is 0 Å². The van der Waals surface area contributed by atoms with Crippen LogP contribution in [0, 0.1) is 0 Å². The van der Waals surface area contributed by atoms with Crippen LogP contribution in [0.5, 0.6) is 5.75 Å². The molecule has 0 unspecified atom stereocenters. The molecule has 0 saturated carbocycles. The van der Waals surface area contributed by atoms with Gasteiger partial charge in [0.15, 0.2) is 0 Å². The molecule has 0 aliphatic rings. The molecule has 3 N–H and O–H groups in total. The molecule has 3 rings (SSSR count). The number of hydrogen-bond acceptors (Lipinski definition) is 4. The number of amides is 2. The molecule has 3 aromatic rings. The quantitative estimate of drug-likeness (QED) is 0.523. The Morgan fingerprint density at radius 2 is 1.89 bits per heavy atom. The second-order valence-corrected chi connectivity index (χ2v) is 6.12. The number of carbonyl (C=O) groups is 2. The lowest BCUT2D eigenvalue weighted by molar-refractivity contribution is -0.123. The summed E-state index contributed by atoms with van der Waals surface area (Å²) in [4.78, 5) is 31.3. The first kappa shape index (κ1) is 19.2. The lowest BCUT2D eigenvalue weighted by Crippen LogP contribution is -2.37. The zero-order chi connectivity index (χ0) is 19.8. The Bertz CT molecular complexity index is 944. The minimum Gasteiger partial charge on any atom is -0.497 e. The largest absolute Gasteiger partial charge is 0.497 e. The standard InChI is InChI=1S/C21H22N4O3/c1-28-16-9-6-15(7-10-16)8-11-20(26)23-14-21(27)22-13-12-19-24-17-4-2-3-5-18(17)25-19/h2-11H,12-14H2,1H3,(H,22,27)(H,23,26)(H,24,25)/b11-8+. The second-order valence-electron chi connectivity index (χ2n) is 6.12. The maximum atomic E-state index is 11.9. The number of imidazole rings is 1. The third kappa shape index (κ3) is 5.44. The number of aromatic amines is 1. The van der Waals surface area contributed by atoms with E-state index in [9.17, 15) is 9.59 Å². The zero-order valence-electron chi connectivity index (χ0n) is 15.6. The van der Waals surface area contributed by atoms with Gasteiger partial charge in [0.05, 0.1) is 24.7 Å². The van der Waals surface area contributed by atoms with Gasteiger partial charge in [-0.15, -0.1) is 0 Å². The molecule has 0 saturated heterocycles. The molecule has 1 heterocycles. The predicted octanol–water partition coefficient (Wildman–Crippen LogP) is 2.06. The van der Waals surface area contributed by atoms with Crippen LogP contribution in [0.25, 0.3) is 17.1 Å². The normalized spacial score (nSPS) is 10.9. The lowest BCUT2D eigenvalue weighted by atomic mass is 10.2. The molecular weight excluding hydrogens is 356 g/mol. The maximum Gasteiger partial charge on any atom is 0.244 e. The highest BCUT2D eigenvalue weighted by Crippen LogP contribution is 2.12. The monoisotopic (exact) mass is 378 g/mol. The average Bonchev–Trinajstić information content (AvgIpc) is 3.14. The number of ether oxygens (including phenoxy) is 1. The van der Waals surface area contributed by atoms with E-state index in [4.69, 9.17) is 4.74 Å². The highest BCUT2D eigenvalue weighted by atomic mass is 16.5. The van der Waals surface area contributed by atoms with E-state index in [0.29, 0.717) is 13.0 Å². The van der Waals surface area contributed by atoms with E-state index in [2.05, 4.69) is 20.6 Å². The van der Waals surface area contributed by atoms with Crippen LogP contribution in [0.2, 0.25) is 0 Å². The minimum absolute atomic E-state index is 0.0775. The summed E-state index contributed by atoms with van der Waals surface area (Å²) < 4.78 is 5.08. The van der Waals surface area contributed by atoms with Crippen molar-refractivity contribution in [2.24, 2.45) is 0 Å². The van der Waals surface area contributed by atoms with Crippen molar-refractivity contribution >= 4 is 28.9 Å². The zero-order valence-corrected chi connectivity index (χ0v) is 15.6. The van der Waals surface area contributed by atoms with Gasteiger partial charge in [-0.2, -0.15) is 0 Å². The fourth-order valence-corrected chi connectivity index (χ4v) is 2.62. The fourth-order valence-electron chi connectivity index (χ4n) is 2.62. The van der Waals surface area contributed by atoms with Crippen LogP contribution in [0.15, 0.2) is 54.6 Å². The number of nitrogens with zero attached hydrogens (tertiary/aromatic N) is 1. The van der Waals surface area contributed by atoms with Gasteiger partial charge in [-0.1, -0.05) is 24.3 Å². The number of aromatic nitrogens is 2. The van der Waals surface area contributed by atoms with Crippen molar-refractivity contribution in [2.45, 2.75) is 6.42 Å². The van der Waals surface area contributed by atoms with Crippen LogP contribution < -0.4 is 15.4 Å². The van der Waals surface area contributed by atoms with Crippen LogP contribution >= 0.6 is 0 Å². The van der Waals surface area contributed by atoms with E-state index in [0.717, 1.165) is 28.2 Å². The second kappa shape index (κ2) is 9.36. The van der Waals surface area contributed by atoms with Crippen molar-refractivity contribution in [3.05, 3.63) is 66.0 Å². The molecule has 2 aromatic carbocycles. The van der Waals surface area contributed by atoms with E-state index in [1.54, 1.807) is 13.2 Å².